The Labute approximate surface area is 176 Å². The Hall–Kier alpha value is -2.89. The third-order valence-electron chi connectivity index (χ3n) is 4.55. The second kappa shape index (κ2) is 7.85. The van der Waals surface area contributed by atoms with Crippen LogP contribution in [0.5, 0.6) is 0 Å². The summed E-state index contributed by atoms with van der Waals surface area (Å²) in [7, 11) is 0. The van der Waals surface area contributed by atoms with Crippen LogP contribution >= 0.6 is 23.4 Å². The Morgan fingerprint density at radius 2 is 1.59 bits per heavy atom. The van der Waals surface area contributed by atoms with Crippen LogP contribution in [-0.2, 0) is 9.59 Å². The third-order valence-corrected chi connectivity index (χ3v) is 5.88. The van der Waals surface area contributed by atoms with E-state index in [-0.39, 0.29) is 5.57 Å². The van der Waals surface area contributed by atoms with Crippen LogP contribution in [0.4, 0.5) is 10.1 Å². The van der Waals surface area contributed by atoms with E-state index in [1.165, 1.54) is 36.0 Å². The molecule has 0 unspecified atom stereocenters. The molecule has 1 aliphatic heterocycles. The van der Waals surface area contributed by atoms with Gasteiger partial charge in [0.2, 0.25) is 0 Å². The second-order valence-electron chi connectivity index (χ2n) is 6.50. The molecule has 0 spiro atoms. The van der Waals surface area contributed by atoms with E-state index in [4.69, 9.17) is 11.6 Å². The number of imide groups is 1. The van der Waals surface area contributed by atoms with Gasteiger partial charge in [-0.15, -0.1) is 0 Å². The lowest BCUT2D eigenvalue weighted by atomic mass is 10.1. The lowest BCUT2D eigenvalue weighted by Crippen LogP contribution is -2.31. The highest BCUT2D eigenvalue weighted by Crippen LogP contribution is 2.42. The molecular weight excluding hydrogens is 409 g/mol. The molecule has 0 saturated carbocycles. The Kier molecular flexibility index (Phi) is 5.26. The number of thioether (sulfide) groups is 1. The lowest BCUT2D eigenvalue weighted by Gasteiger charge is -2.18. The normalized spacial score (nSPS) is 14.1. The van der Waals surface area contributed by atoms with Crippen molar-refractivity contribution in [3.05, 3.63) is 99.7 Å². The lowest BCUT2D eigenvalue weighted by molar-refractivity contribution is -0.119. The molecule has 3 aromatic carbocycles. The molecular formula is C23H15ClFNO2S. The average Bonchev–Trinajstić information content (AvgIpc) is 2.95. The molecule has 0 radical (unpaired) electrons. The molecule has 144 valence electrons. The Morgan fingerprint density at radius 3 is 2.28 bits per heavy atom. The van der Waals surface area contributed by atoms with Crippen LogP contribution in [-0.4, -0.2) is 11.8 Å². The Morgan fingerprint density at radius 1 is 0.897 bits per heavy atom. The van der Waals surface area contributed by atoms with Crippen LogP contribution in [0, 0.1) is 12.7 Å². The van der Waals surface area contributed by atoms with Crippen LogP contribution < -0.4 is 4.90 Å². The Bertz CT molecular complexity index is 1140. The summed E-state index contributed by atoms with van der Waals surface area (Å²) in [4.78, 5) is 29.0. The molecule has 29 heavy (non-hydrogen) atoms. The van der Waals surface area contributed by atoms with Gasteiger partial charge in [0.1, 0.15) is 5.82 Å². The van der Waals surface area contributed by atoms with E-state index in [1.807, 2.05) is 37.3 Å². The molecule has 0 atom stereocenters. The van der Waals surface area contributed by atoms with Crippen LogP contribution in [0.1, 0.15) is 11.1 Å². The van der Waals surface area contributed by atoms with E-state index in [2.05, 4.69) is 0 Å². The van der Waals surface area contributed by atoms with Crippen LogP contribution in [0.3, 0.4) is 0 Å². The van der Waals surface area contributed by atoms with Gasteiger partial charge in [0.25, 0.3) is 11.8 Å². The molecule has 0 aromatic heterocycles. The summed E-state index contributed by atoms with van der Waals surface area (Å²) in [5, 5.41) is 0.429. The number of hydrogen-bond donors (Lipinski definition) is 0. The fourth-order valence-corrected chi connectivity index (χ4v) is 4.31. The first-order valence-electron chi connectivity index (χ1n) is 8.84. The first kappa shape index (κ1) is 19.4. The maximum absolute atomic E-state index is 13.4. The van der Waals surface area contributed by atoms with Gasteiger partial charge in [-0.25, -0.2) is 9.29 Å². The maximum atomic E-state index is 13.4. The molecule has 2 amide bonds. The van der Waals surface area contributed by atoms with Crippen molar-refractivity contribution < 1.29 is 14.0 Å². The van der Waals surface area contributed by atoms with Crippen LogP contribution in [0.2, 0.25) is 5.02 Å². The molecule has 1 aliphatic rings. The van der Waals surface area contributed by atoms with Crippen molar-refractivity contribution in [3.63, 3.8) is 0 Å². The van der Waals surface area contributed by atoms with Gasteiger partial charge >= 0.3 is 0 Å². The van der Waals surface area contributed by atoms with Crippen molar-refractivity contribution in [2.24, 2.45) is 0 Å². The number of carbonyl (C=O) groups excluding carboxylic acids is 2. The highest BCUT2D eigenvalue weighted by molar-refractivity contribution is 8.04. The minimum atomic E-state index is -0.453. The number of nitrogens with zero attached hydrogens (tertiary/aromatic N) is 1. The zero-order valence-electron chi connectivity index (χ0n) is 15.4. The van der Waals surface area contributed by atoms with Gasteiger partial charge in [-0.05, 0) is 54.4 Å². The summed E-state index contributed by atoms with van der Waals surface area (Å²) >= 11 is 7.34. The van der Waals surface area contributed by atoms with E-state index < -0.39 is 17.6 Å². The third kappa shape index (κ3) is 3.71. The van der Waals surface area contributed by atoms with Crippen molar-refractivity contribution in [1.29, 1.82) is 0 Å². The van der Waals surface area contributed by atoms with Gasteiger partial charge in [0, 0.05) is 9.92 Å². The minimum Gasteiger partial charge on any atom is -0.268 e. The fraction of sp³-hybridized carbons (Fsp3) is 0.0435. The molecule has 0 fully saturated rings. The van der Waals surface area contributed by atoms with Crippen molar-refractivity contribution in [3.8, 4) is 0 Å². The first-order chi connectivity index (χ1) is 14.0. The first-order valence-corrected chi connectivity index (χ1v) is 10.0. The van der Waals surface area contributed by atoms with Gasteiger partial charge in [-0.3, -0.25) is 9.59 Å². The number of hydrogen-bond acceptors (Lipinski definition) is 3. The van der Waals surface area contributed by atoms with Crippen LogP contribution in [0.15, 0.2) is 82.6 Å². The minimum absolute atomic E-state index is 0.253. The molecule has 3 nitrogen and oxygen atoms in total. The summed E-state index contributed by atoms with van der Waals surface area (Å²) < 4.78 is 13.4. The van der Waals surface area contributed by atoms with Gasteiger partial charge in [-0.2, -0.15) is 0 Å². The average molecular weight is 424 g/mol. The van der Waals surface area contributed by atoms with E-state index in [1.54, 1.807) is 18.2 Å². The largest absolute Gasteiger partial charge is 0.272 e. The fourth-order valence-electron chi connectivity index (χ4n) is 3.12. The van der Waals surface area contributed by atoms with Gasteiger partial charge in [0.05, 0.1) is 16.2 Å². The standard InChI is InChI=1S/C23H15ClFNO2S/c1-14-7-10-16(24)13-19(14)26-22(27)20(15-8-11-17(25)12-9-15)21(23(26)28)29-18-5-3-2-4-6-18/h2-13H,1H3. The van der Waals surface area contributed by atoms with Gasteiger partial charge < -0.3 is 0 Å². The predicted octanol–water partition coefficient (Wildman–Crippen LogP) is 5.86. The summed E-state index contributed by atoms with van der Waals surface area (Å²) in [5.74, 6) is -1.29. The van der Waals surface area contributed by atoms with E-state index in [0.29, 0.717) is 21.2 Å². The highest BCUT2D eigenvalue weighted by atomic mass is 35.5. The molecule has 4 rings (SSSR count). The number of halogens is 2. The number of amides is 2. The smallest absolute Gasteiger partial charge is 0.268 e. The topological polar surface area (TPSA) is 37.4 Å². The molecule has 0 saturated heterocycles. The van der Waals surface area contributed by atoms with E-state index in [9.17, 15) is 14.0 Å². The van der Waals surface area contributed by atoms with Gasteiger partial charge in [-0.1, -0.05) is 59.8 Å². The molecule has 3 aromatic rings. The zero-order valence-corrected chi connectivity index (χ0v) is 16.9. The number of anilines is 1. The summed E-state index contributed by atoms with van der Waals surface area (Å²) in [6.07, 6.45) is 0. The molecule has 6 heteroatoms. The summed E-state index contributed by atoms with van der Waals surface area (Å²) in [5.41, 5.74) is 1.94. The van der Waals surface area contributed by atoms with Crippen LogP contribution in [0.25, 0.3) is 5.57 Å². The quantitative estimate of drug-likeness (QED) is 0.493. The molecule has 0 N–H and O–H groups in total. The number of benzene rings is 3. The summed E-state index contributed by atoms with van der Waals surface area (Å²) in [6, 6.07) is 20.0. The van der Waals surface area contributed by atoms with Gasteiger partial charge in [0.15, 0.2) is 0 Å². The van der Waals surface area contributed by atoms with E-state index >= 15 is 0 Å². The zero-order chi connectivity index (χ0) is 20.5. The number of rotatable bonds is 4. The number of carbonyl (C=O) groups is 2. The van der Waals surface area contributed by atoms with Crippen molar-refractivity contribution in [1.82, 2.24) is 0 Å². The molecule has 0 bridgehead atoms. The second-order valence-corrected chi connectivity index (χ2v) is 8.02. The Balaban J connectivity index is 1.85. The number of aryl methyl sites for hydroxylation is 1. The highest BCUT2D eigenvalue weighted by Gasteiger charge is 2.41. The van der Waals surface area contributed by atoms with E-state index in [0.717, 1.165) is 15.4 Å². The van der Waals surface area contributed by atoms with Crippen molar-refractivity contribution in [2.45, 2.75) is 11.8 Å². The SMILES string of the molecule is Cc1ccc(Cl)cc1N1C(=O)C(Sc2ccccc2)=C(c2ccc(F)cc2)C1=O. The maximum Gasteiger partial charge on any atom is 0.272 e. The summed E-state index contributed by atoms with van der Waals surface area (Å²) in [6.45, 7) is 1.81. The monoisotopic (exact) mass is 423 g/mol. The predicted molar refractivity (Wildman–Crippen MR) is 114 cm³/mol. The van der Waals surface area contributed by atoms with Crippen molar-refractivity contribution >= 4 is 46.4 Å². The molecule has 0 aliphatic carbocycles. The molecule has 1 heterocycles. The van der Waals surface area contributed by atoms with Crippen molar-refractivity contribution in [2.75, 3.05) is 4.90 Å².